The molecule has 8 aromatic carbocycles. The van der Waals surface area contributed by atoms with E-state index in [1.165, 1.54) is 103 Å². The van der Waals surface area contributed by atoms with Gasteiger partial charge in [-0.3, -0.25) is 0 Å². The summed E-state index contributed by atoms with van der Waals surface area (Å²) in [5.74, 6) is 29.2. The summed E-state index contributed by atoms with van der Waals surface area (Å²) in [5.41, 5.74) is 12.6. The van der Waals surface area contributed by atoms with Gasteiger partial charge in [0.25, 0.3) is 0 Å². The number of ether oxygens (including phenoxy) is 2. The molecule has 0 saturated carbocycles. The third-order valence-electron chi connectivity index (χ3n) is 16.5. The first-order valence-corrected chi connectivity index (χ1v) is 34.3. The minimum absolute atomic E-state index is 0.655. The summed E-state index contributed by atoms with van der Waals surface area (Å²) in [6.45, 7) is 5.86. The van der Waals surface area contributed by atoms with E-state index in [0.717, 1.165) is 156 Å². The number of hydrogen-bond acceptors (Lipinski definition) is 5. The normalized spacial score (nSPS) is 11.1. The zero-order valence-electron chi connectivity index (χ0n) is 52.1. The van der Waals surface area contributed by atoms with Crippen LogP contribution in [0.2, 0.25) is 0 Å². The highest BCUT2D eigenvalue weighted by molar-refractivity contribution is 9.10. The van der Waals surface area contributed by atoms with E-state index in [2.05, 4.69) is 184 Å². The van der Waals surface area contributed by atoms with E-state index in [0.29, 0.717) is 13.2 Å². The Hall–Kier alpha value is -8.43. The summed E-state index contributed by atoms with van der Waals surface area (Å²) in [5, 5.41) is 6.27. The van der Waals surface area contributed by atoms with Gasteiger partial charge in [-0.05, 0) is 177 Å². The zero-order chi connectivity index (χ0) is 61.7. The minimum atomic E-state index is 0.655. The van der Waals surface area contributed by atoms with Gasteiger partial charge in [-0.15, -0.1) is 0 Å². The Kier molecular flexibility index (Phi) is 22.7. The molecule has 5 nitrogen and oxygen atoms in total. The summed E-state index contributed by atoms with van der Waals surface area (Å²) in [6.07, 6.45) is 25.5. The molecule has 0 aliphatic rings. The number of rotatable bonds is 24. The Balaban J connectivity index is 0.810. The van der Waals surface area contributed by atoms with Crippen LogP contribution in [0, 0.1) is 47.4 Å². The van der Waals surface area contributed by atoms with Crippen molar-refractivity contribution in [3.63, 3.8) is 0 Å². The van der Waals surface area contributed by atoms with Crippen molar-refractivity contribution in [2.45, 2.75) is 142 Å². The summed E-state index contributed by atoms with van der Waals surface area (Å²) in [4.78, 5) is 14.9. The Morgan fingerprint density at radius 1 is 0.256 bits per heavy atom. The van der Waals surface area contributed by atoms with Crippen LogP contribution in [0.25, 0.3) is 65.4 Å². The fourth-order valence-corrected chi connectivity index (χ4v) is 12.3. The van der Waals surface area contributed by atoms with Crippen molar-refractivity contribution in [2.24, 2.45) is 0 Å². The highest BCUT2D eigenvalue weighted by atomic mass is 79.9. The summed E-state index contributed by atoms with van der Waals surface area (Å²) in [7, 11) is 0. The van der Waals surface area contributed by atoms with Gasteiger partial charge in [-0.2, -0.15) is 0 Å². The summed E-state index contributed by atoms with van der Waals surface area (Å²) >= 11 is 7.23. The van der Waals surface area contributed by atoms with Gasteiger partial charge in [0.15, 0.2) is 0 Å². The van der Waals surface area contributed by atoms with Gasteiger partial charge < -0.3 is 9.47 Å². The van der Waals surface area contributed by atoms with E-state index in [1.54, 1.807) is 0 Å². The van der Waals surface area contributed by atoms with Gasteiger partial charge in [0.1, 0.15) is 11.5 Å². The van der Waals surface area contributed by atoms with Crippen molar-refractivity contribution in [2.75, 3.05) is 13.2 Å². The van der Waals surface area contributed by atoms with Crippen LogP contribution in [0.1, 0.15) is 187 Å². The number of halogens is 2. The molecular weight excluding hydrogens is 1230 g/mol. The maximum absolute atomic E-state index is 6.44. The first kappa shape index (κ1) is 63.1. The highest BCUT2D eigenvalue weighted by Gasteiger charge is 2.09. The molecule has 3 aromatic heterocycles. The molecule has 0 amide bonds. The SMILES string of the molecule is CCCCCCCCCCCCOc1cc(C#Cc2ccc3nc4ccc(Br)cc4cc3c2)cc(C#Cc2ccc3nc4ccc(C#Cc5cc(C#Cc6ccc7nc8ccc(Br)cc8cc7c6)cc(OCCCCCCCCCCCC)c5)cc4cc3c2)c1. The number of hydrogen-bond donors (Lipinski definition) is 0. The monoisotopic (exact) mass is 1310 g/mol. The lowest BCUT2D eigenvalue weighted by Crippen LogP contribution is -1.98. The maximum atomic E-state index is 6.44. The molecule has 0 atom stereocenters. The lowest BCUT2D eigenvalue weighted by atomic mass is 10.0. The number of nitrogens with zero attached hydrogens (tertiary/aromatic N) is 3. The smallest absolute Gasteiger partial charge is 0.121 e. The molecule has 11 aromatic rings. The Morgan fingerprint density at radius 2 is 0.500 bits per heavy atom. The van der Waals surface area contributed by atoms with E-state index < -0.39 is 0 Å². The lowest BCUT2D eigenvalue weighted by Gasteiger charge is -2.08. The fourth-order valence-electron chi connectivity index (χ4n) is 11.6. The van der Waals surface area contributed by atoms with Gasteiger partial charge >= 0.3 is 0 Å². The minimum Gasteiger partial charge on any atom is -0.494 e. The molecule has 7 heteroatoms. The second-order valence-corrected chi connectivity index (χ2v) is 25.7. The highest BCUT2D eigenvalue weighted by Crippen LogP contribution is 2.28. The summed E-state index contributed by atoms with van der Waals surface area (Å²) < 4.78 is 14.9. The van der Waals surface area contributed by atoms with Crippen LogP contribution in [0.5, 0.6) is 11.5 Å². The fraction of sp³-hybridized carbons (Fsp3) is 0.289. The van der Waals surface area contributed by atoms with Gasteiger partial charge in [0, 0.05) is 85.8 Å². The molecule has 0 bridgehead atoms. The number of pyridine rings is 3. The van der Waals surface area contributed by atoms with Crippen molar-refractivity contribution < 1.29 is 9.47 Å². The topological polar surface area (TPSA) is 57.1 Å². The number of fused-ring (bicyclic) bond motifs is 6. The van der Waals surface area contributed by atoms with Crippen LogP contribution >= 0.6 is 31.9 Å². The van der Waals surface area contributed by atoms with Crippen molar-refractivity contribution in [3.8, 4) is 58.9 Å². The Labute approximate surface area is 549 Å². The van der Waals surface area contributed by atoms with Gasteiger partial charge in [-0.1, -0.05) is 209 Å². The van der Waals surface area contributed by atoms with Gasteiger partial charge in [0.2, 0.25) is 0 Å². The largest absolute Gasteiger partial charge is 0.494 e. The lowest BCUT2D eigenvalue weighted by molar-refractivity contribution is 0.304. The quantitative estimate of drug-likeness (QED) is 0.0343. The molecule has 0 aliphatic carbocycles. The predicted octanol–water partition coefficient (Wildman–Crippen LogP) is 22.5. The van der Waals surface area contributed by atoms with Crippen LogP contribution in [0.4, 0.5) is 0 Å². The molecule has 90 heavy (non-hydrogen) atoms. The van der Waals surface area contributed by atoms with Crippen molar-refractivity contribution in [1.29, 1.82) is 0 Å². The van der Waals surface area contributed by atoms with E-state index in [-0.39, 0.29) is 0 Å². The van der Waals surface area contributed by atoms with E-state index in [1.807, 2.05) is 72.8 Å². The third-order valence-corrected chi connectivity index (χ3v) is 17.5. The van der Waals surface area contributed by atoms with Crippen molar-refractivity contribution >= 4 is 97.3 Å². The second-order valence-electron chi connectivity index (χ2n) is 23.8. The first-order chi connectivity index (χ1) is 44.2. The zero-order valence-corrected chi connectivity index (χ0v) is 55.2. The third kappa shape index (κ3) is 18.4. The molecule has 3 heterocycles. The molecule has 11 rings (SSSR count). The average Bonchev–Trinajstić information content (AvgIpc) is 1.90. The van der Waals surface area contributed by atoms with Gasteiger partial charge in [0.05, 0.1) is 46.3 Å². The molecule has 0 spiro atoms. The van der Waals surface area contributed by atoms with Gasteiger partial charge in [-0.25, -0.2) is 15.0 Å². The Morgan fingerprint density at radius 3 is 0.789 bits per heavy atom. The predicted molar refractivity (Wildman–Crippen MR) is 385 cm³/mol. The molecule has 450 valence electrons. The van der Waals surface area contributed by atoms with Crippen molar-refractivity contribution in [3.05, 3.63) is 217 Å². The molecule has 0 fully saturated rings. The number of aromatic nitrogens is 3. The molecule has 0 unspecified atom stereocenters. The number of benzene rings is 8. The molecule has 0 radical (unpaired) electrons. The number of unbranched alkanes of at least 4 members (excludes halogenated alkanes) is 18. The second kappa shape index (κ2) is 32.4. The average molecular weight is 1310 g/mol. The molecule has 0 aliphatic heterocycles. The van der Waals surface area contributed by atoms with Crippen LogP contribution in [0.15, 0.2) is 173 Å². The van der Waals surface area contributed by atoms with Crippen LogP contribution in [-0.4, -0.2) is 28.2 Å². The van der Waals surface area contributed by atoms with Crippen LogP contribution in [-0.2, 0) is 0 Å². The van der Waals surface area contributed by atoms with Crippen LogP contribution < -0.4 is 9.47 Å². The van der Waals surface area contributed by atoms with E-state index in [4.69, 9.17) is 24.4 Å². The molecular formula is C83H77Br2N3O2. The standard InChI is InChI=1S/C83H77Br2N3O2/c1-3-5-7-9-11-13-15-17-19-21-43-89-76-51-64(45-66(53-76)29-25-62-33-39-80-70(49-62)56-72-58-74(84)35-41-82(72)87-80)27-23-60-31-37-78-68(47-60)55-69-48-61(32-38-79(69)86-78)24-28-65-46-67(54-77(52-65)90-44-22-20-18-16-14-12-10-8-6-4-2)30-26-63-34-40-81-71(50-63)57-73-59-75(85)36-42-83(73)88-81/h31-42,45-59H,3-22,43-44H2,1-2H3. The van der Waals surface area contributed by atoms with Crippen molar-refractivity contribution in [1.82, 2.24) is 15.0 Å². The molecule has 0 N–H and O–H groups in total. The van der Waals surface area contributed by atoms with E-state index >= 15 is 0 Å². The Bertz CT molecular complexity index is 4330. The summed E-state index contributed by atoms with van der Waals surface area (Å²) in [6, 6.07) is 56.0. The van der Waals surface area contributed by atoms with Crippen LogP contribution in [0.3, 0.4) is 0 Å². The van der Waals surface area contributed by atoms with E-state index in [9.17, 15) is 0 Å². The molecule has 0 saturated heterocycles. The maximum Gasteiger partial charge on any atom is 0.121 e. The first-order valence-electron chi connectivity index (χ1n) is 32.7.